The molecular formula is C11H23N3. The second kappa shape index (κ2) is 3.80. The van der Waals surface area contributed by atoms with Crippen molar-refractivity contribution in [2.45, 2.75) is 25.8 Å². The first-order valence-corrected chi connectivity index (χ1v) is 5.76. The molecule has 2 saturated heterocycles. The Labute approximate surface area is 87.2 Å². The predicted molar refractivity (Wildman–Crippen MR) is 59.3 cm³/mol. The molecule has 2 atom stereocenters. The van der Waals surface area contributed by atoms with Crippen LogP contribution in [0.25, 0.3) is 0 Å². The van der Waals surface area contributed by atoms with Crippen LogP contribution in [0.3, 0.4) is 0 Å². The van der Waals surface area contributed by atoms with Gasteiger partial charge < -0.3 is 15.5 Å². The van der Waals surface area contributed by atoms with Crippen molar-refractivity contribution in [3.05, 3.63) is 0 Å². The van der Waals surface area contributed by atoms with Crippen molar-refractivity contribution in [2.24, 2.45) is 11.1 Å². The molecule has 2 N–H and O–H groups in total. The van der Waals surface area contributed by atoms with Crippen LogP contribution in [-0.2, 0) is 0 Å². The third kappa shape index (κ3) is 2.10. The second-order valence-corrected chi connectivity index (χ2v) is 5.45. The number of hydrogen-bond acceptors (Lipinski definition) is 3. The molecule has 3 nitrogen and oxygen atoms in total. The van der Waals surface area contributed by atoms with Crippen molar-refractivity contribution in [1.82, 2.24) is 9.80 Å². The topological polar surface area (TPSA) is 32.5 Å². The van der Waals surface area contributed by atoms with Crippen LogP contribution in [-0.4, -0.2) is 55.6 Å². The third-order valence-corrected chi connectivity index (χ3v) is 3.69. The summed E-state index contributed by atoms with van der Waals surface area (Å²) in [5.41, 5.74) is 6.45. The largest absolute Gasteiger partial charge is 0.327 e. The number of likely N-dealkylation sites (tertiary alicyclic amines) is 2. The molecule has 0 aromatic carbocycles. The highest BCUT2D eigenvalue weighted by atomic mass is 15.2. The molecule has 14 heavy (non-hydrogen) atoms. The summed E-state index contributed by atoms with van der Waals surface area (Å²) in [6, 6.07) is 0.323. The fourth-order valence-electron chi connectivity index (χ4n) is 3.08. The van der Waals surface area contributed by atoms with E-state index in [1.165, 1.54) is 39.0 Å². The lowest BCUT2D eigenvalue weighted by Crippen LogP contribution is -2.36. The molecule has 0 aliphatic carbocycles. The summed E-state index contributed by atoms with van der Waals surface area (Å²) in [6.45, 7) is 8.29. The van der Waals surface area contributed by atoms with Gasteiger partial charge in [0.15, 0.2) is 0 Å². The van der Waals surface area contributed by atoms with Gasteiger partial charge in [0.05, 0.1) is 0 Å². The van der Waals surface area contributed by atoms with E-state index in [2.05, 4.69) is 23.8 Å². The molecule has 0 aromatic rings. The summed E-state index contributed by atoms with van der Waals surface area (Å²) in [6.07, 6.45) is 2.77. The van der Waals surface area contributed by atoms with Gasteiger partial charge in [-0.3, -0.25) is 0 Å². The first kappa shape index (κ1) is 10.4. The summed E-state index contributed by atoms with van der Waals surface area (Å²) in [4.78, 5) is 5.01. The Bertz CT molecular complexity index is 205. The molecule has 2 heterocycles. The van der Waals surface area contributed by atoms with E-state index in [-0.39, 0.29) is 0 Å². The van der Waals surface area contributed by atoms with Crippen LogP contribution in [0.4, 0.5) is 0 Å². The molecule has 3 heteroatoms. The molecule has 2 rings (SSSR count). The molecule has 1 spiro atoms. The molecule has 0 radical (unpaired) electrons. The van der Waals surface area contributed by atoms with Gasteiger partial charge in [0.25, 0.3) is 0 Å². The lowest BCUT2D eigenvalue weighted by Gasteiger charge is -2.24. The Balaban J connectivity index is 1.88. The maximum Gasteiger partial charge on any atom is 0.0139 e. The average molecular weight is 197 g/mol. The molecule has 0 amide bonds. The monoisotopic (exact) mass is 197 g/mol. The summed E-state index contributed by atoms with van der Waals surface area (Å²) in [5, 5.41) is 0. The van der Waals surface area contributed by atoms with E-state index in [1.54, 1.807) is 0 Å². The maximum atomic E-state index is 5.83. The van der Waals surface area contributed by atoms with E-state index >= 15 is 0 Å². The summed E-state index contributed by atoms with van der Waals surface area (Å²) in [7, 11) is 2.24. The zero-order valence-corrected chi connectivity index (χ0v) is 9.50. The third-order valence-electron chi connectivity index (χ3n) is 3.69. The lowest BCUT2D eigenvalue weighted by molar-refractivity contribution is 0.249. The van der Waals surface area contributed by atoms with E-state index in [1.807, 2.05) is 0 Å². The highest BCUT2D eigenvalue weighted by Gasteiger charge is 2.42. The zero-order valence-electron chi connectivity index (χ0n) is 9.50. The normalized spacial score (nSPS) is 37.1. The Morgan fingerprint density at radius 2 is 2.00 bits per heavy atom. The highest BCUT2D eigenvalue weighted by molar-refractivity contribution is 4.96. The van der Waals surface area contributed by atoms with Crippen molar-refractivity contribution in [1.29, 1.82) is 0 Å². The van der Waals surface area contributed by atoms with Gasteiger partial charge in [-0.1, -0.05) is 0 Å². The Morgan fingerprint density at radius 1 is 1.29 bits per heavy atom. The minimum absolute atomic E-state index is 0.323. The summed E-state index contributed by atoms with van der Waals surface area (Å²) < 4.78 is 0. The van der Waals surface area contributed by atoms with E-state index in [0.717, 1.165) is 6.54 Å². The van der Waals surface area contributed by atoms with Crippen LogP contribution in [0.1, 0.15) is 19.8 Å². The molecule has 2 aliphatic rings. The van der Waals surface area contributed by atoms with E-state index in [4.69, 9.17) is 5.73 Å². The Kier molecular flexibility index (Phi) is 2.82. The van der Waals surface area contributed by atoms with Crippen LogP contribution < -0.4 is 5.73 Å². The van der Waals surface area contributed by atoms with Crippen LogP contribution in [0.5, 0.6) is 0 Å². The fraction of sp³-hybridized carbons (Fsp3) is 1.00. The molecule has 0 bridgehead atoms. The Hall–Kier alpha value is -0.120. The van der Waals surface area contributed by atoms with E-state index in [9.17, 15) is 0 Å². The van der Waals surface area contributed by atoms with Crippen LogP contribution >= 0.6 is 0 Å². The van der Waals surface area contributed by atoms with E-state index < -0.39 is 0 Å². The van der Waals surface area contributed by atoms with Gasteiger partial charge in [0.2, 0.25) is 0 Å². The van der Waals surface area contributed by atoms with Gasteiger partial charge in [-0.15, -0.1) is 0 Å². The van der Waals surface area contributed by atoms with Gasteiger partial charge in [0.1, 0.15) is 0 Å². The van der Waals surface area contributed by atoms with Gasteiger partial charge in [-0.25, -0.2) is 0 Å². The zero-order chi connectivity index (χ0) is 10.2. The van der Waals surface area contributed by atoms with Crippen molar-refractivity contribution < 1.29 is 0 Å². The van der Waals surface area contributed by atoms with Crippen molar-refractivity contribution >= 4 is 0 Å². The minimum Gasteiger partial charge on any atom is -0.327 e. The van der Waals surface area contributed by atoms with Gasteiger partial charge in [-0.05, 0) is 45.3 Å². The first-order valence-electron chi connectivity index (χ1n) is 5.76. The van der Waals surface area contributed by atoms with Crippen LogP contribution in [0.2, 0.25) is 0 Å². The minimum atomic E-state index is 0.323. The SMILES string of the molecule is CC(N)CN1CCC2(CCN(C)C2)C1. The molecule has 2 aliphatic heterocycles. The number of nitrogens with zero attached hydrogens (tertiary/aromatic N) is 2. The standard InChI is InChI=1S/C11H23N3/c1-10(12)7-14-6-4-11(9-14)3-5-13(2)8-11/h10H,3-9,12H2,1-2H3. The summed E-state index contributed by atoms with van der Waals surface area (Å²) in [5.74, 6) is 0. The molecule has 82 valence electrons. The molecule has 0 saturated carbocycles. The van der Waals surface area contributed by atoms with Crippen LogP contribution in [0, 0.1) is 5.41 Å². The highest BCUT2D eigenvalue weighted by Crippen LogP contribution is 2.38. The first-order chi connectivity index (χ1) is 6.60. The van der Waals surface area contributed by atoms with Crippen molar-refractivity contribution in [2.75, 3.05) is 39.8 Å². The smallest absolute Gasteiger partial charge is 0.0139 e. The number of nitrogens with two attached hydrogens (primary N) is 1. The lowest BCUT2D eigenvalue weighted by atomic mass is 9.86. The summed E-state index contributed by atoms with van der Waals surface area (Å²) >= 11 is 0. The van der Waals surface area contributed by atoms with E-state index in [0.29, 0.717) is 11.5 Å². The average Bonchev–Trinajstić information content (AvgIpc) is 2.60. The van der Waals surface area contributed by atoms with Crippen molar-refractivity contribution in [3.63, 3.8) is 0 Å². The van der Waals surface area contributed by atoms with Gasteiger partial charge >= 0.3 is 0 Å². The van der Waals surface area contributed by atoms with Gasteiger partial charge in [0, 0.05) is 25.7 Å². The second-order valence-electron chi connectivity index (χ2n) is 5.45. The quantitative estimate of drug-likeness (QED) is 0.694. The number of hydrogen-bond donors (Lipinski definition) is 1. The predicted octanol–water partition coefficient (Wildman–Crippen LogP) is 0.361. The molecule has 0 aromatic heterocycles. The maximum absolute atomic E-state index is 5.83. The Morgan fingerprint density at radius 3 is 2.57 bits per heavy atom. The van der Waals surface area contributed by atoms with Crippen molar-refractivity contribution in [3.8, 4) is 0 Å². The fourth-order valence-corrected chi connectivity index (χ4v) is 3.08. The molecule has 2 fully saturated rings. The molecule has 2 unspecified atom stereocenters. The van der Waals surface area contributed by atoms with Gasteiger partial charge in [-0.2, -0.15) is 0 Å². The van der Waals surface area contributed by atoms with Crippen LogP contribution in [0.15, 0.2) is 0 Å². The molecular weight excluding hydrogens is 174 g/mol. The number of rotatable bonds is 2.